The van der Waals surface area contributed by atoms with E-state index in [1.165, 1.54) is 0 Å². The molecule has 1 heterocycles. The van der Waals surface area contributed by atoms with Crippen molar-refractivity contribution in [1.82, 2.24) is 0 Å². The van der Waals surface area contributed by atoms with E-state index < -0.39 is 5.97 Å². The molecule has 1 aliphatic heterocycles. The van der Waals surface area contributed by atoms with Crippen LogP contribution < -0.4 is 11.5 Å². The van der Waals surface area contributed by atoms with Crippen LogP contribution >= 0.6 is 11.8 Å². The molecule has 3 atom stereocenters. The molecule has 14 heavy (non-hydrogen) atoms. The molecular weight excluding hydrogens is 200 g/mol. The van der Waals surface area contributed by atoms with Crippen LogP contribution in [0.15, 0.2) is 0 Å². The molecule has 2 unspecified atom stereocenters. The second kappa shape index (κ2) is 5.58. The first kappa shape index (κ1) is 11.8. The maximum absolute atomic E-state index is 10.3. The highest BCUT2D eigenvalue weighted by Gasteiger charge is 2.30. The van der Waals surface area contributed by atoms with Gasteiger partial charge in [0.1, 0.15) is 0 Å². The molecule has 0 aromatic carbocycles. The van der Waals surface area contributed by atoms with Crippen molar-refractivity contribution in [3.8, 4) is 0 Å². The van der Waals surface area contributed by atoms with E-state index in [-0.39, 0.29) is 18.5 Å². The van der Waals surface area contributed by atoms with Crippen LogP contribution in [0.3, 0.4) is 0 Å². The van der Waals surface area contributed by atoms with Crippen LogP contribution in [0.5, 0.6) is 0 Å². The summed E-state index contributed by atoms with van der Waals surface area (Å²) in [6.45, 7) is 0. The molecule has 0 spiro atoms. The maximum Gasteiger partial charge on any atom is 0.303 e. The lowest BCUT2D eigenvalue weighted by atomic mass is 10.0. The lowest BCUT2D eigenvalue weighted by Gasteiger charge is -2.16. The number of hydrogen-bond acceptors (Lipinski definition) is 4. The standard InChI is InChI=1S/C9H18N2O2S/c10-6-5-14-7(9(6)11)3-1-2-4-8(12)13/h6-7,9H,1-5,10-11H2,(H,12,13)/t6?,7-,9?/m0/s1. The minimum atomic E-state index is -0.718. The van der Waals surface area contributed by atoms with Crippen LogP contribution in [0.1, 0.15) is 25.7 Å². The van der Waals surface area contributed by atoms with Gasteiger partial charge in [-0.3, -0.25) is 4.79 Å². The van der Waals surface area contributed by atoms with Crippen molar-refractivity contribution < 1.29 is 9.90 Å². The van der Waals surface area contributed by atoms with Crippen molar-refractivity contribution in [3.05, 3.63) is 0 Å². The van der Waals surface area contributed by atoms with Gasteiger partial charge in [-0.2, -0.15) is 11.8 Å². The molecule has 1 saturated heterocycles. The minimum Gasteiger partial charge on any atom is -0.481 e. The molecule has 1 rings (SSSR count). The van der Waals surface area contributed by atoms with Crippen LogP contribution in [0, 0.1) is 0 Å². The van der Waals surface area contributed by atoms with Gasteiger partial charge < -0.3 is 16.6 Å². The van der Waals surface area contributed by atoms with Crippen LogP contribution in [-0.2, 0) is 4.79 Å². The molecule has 4 nitrogen and oxygen atoms in total. The van der Waals surface area contributed by atoms with Gasteiger partial charge >= 0.3 is 5.97 Å². The van der Waals surface area contributed by atoms with Crippen molar-refractivity contribution in [2.24, 2.45) is 11.5 Å². The molecule has 0 bridgehead atoms. The first-order valence-corrected chi connectivity index (χ1v) is 6.00. The number of hydrogen-bond donors (Lipinski definition) is 3. The number of unbranched alkanes of at least 4 members (excludes halogenated alkanes) is 1. The summed E-state index contributed by atoms with van der Waals surface area (Å²) >= 11 is 1.82. The average Bonchev–Trinajstić information content (AvgIpc) is 2.43. The third kappa shape index (κ3) is 3.48. The van der Waals surface area contributed by atoms with E-state index in [9.17, 15) is 4.79 Å². The maximum atomic E-state index is 10.3. The first-order chi connectivity index (χ1) is 6.61. The summed E-state index contributed by atoms with van der Waals surface area (Å²) in [4.78, 5) is 10.3. The third-order valence-electron chi connectivity index (χ3n) is 2.56. The summed E-state index contributed by atoms with van der Waals surface area (Å²) in [5.74, 6) is 0.218. The zero-order valence-corrected chi connectivity index (χ0v) is 9.00. The molecule has 1 fully saturated rings. The molecule has 0 aromatic heterocycles. The van der Waals surface area contributed by atoms with E-state index in [0.717, 1.165) is 25.0 Å². The van der Waals surface area contributed by atoms with E-state index in [2.05, 4.69) is 0 Å². The molecule has 82 valence electrons. The predicted molar refractivity (Wildman–Crippen MR) is 58.3 cm³/mol. The third-order valence-corrected chi connectivity index (χ3v) is 4.11. The van der Waals surface area contributed by atoms with Crippen LogP contribution in [0.2, 0.25) is 0 Å². The minimum absolute atomic E-state index is 0.0878. The quantitative estimate of drug-likeness (QED) is 0.581. The number of nitrogens with two attached hydrogens (primary N) is 2. The molecule has 0 saturated carbocycles. The average molecular weight is 218 g/mol. The van der Waals surface area contributed by atoms with Gasteiger partial charge in [-0.05, 0) is 12.8 Å². The second-order valence-electron chi connectivity index (χ2n) is 3.75. The zero-order valence-electron chi connectivity index (χ0n) is 8.19. The molecule has 0 aromatic rings. The van der Waals surface area contributed by atoms with Gasteiger partial charge in [0.2, 0.25) is 0 Å². The summed E-state index contributed by atoms with van der Waals surface area (Å²) in [6, 6.07) is 0.203. The van der Waals surface area contributed by atoms with Crippen molar-refractivity contribution in [3.63, 3.8) is 0 Å². The second-order valence-corrected chi connectivity index (χ2v) is 5.02. The number of carbonyl (C=O) groups is 1. The van der Waals surface area contributed by atoms with Crippen LogP contribution in [-0.4, -0.2) is 34.2 Å². The fourth-order valence-electron chi connectivity index (χ4n) is 1.63. The van der Waals surface area contributed by atoms with E-state index in [4.69, 9.17) is 16.6 Å². The summed E-state index contributed by atoms with van der Waals surface area (Å²) in [6.07, 6.45) is 2.93. The predicted octanol–water partition coefficient (Wildman–Crippen LogP) is 0.401. The number of aliphatic carboxylic acids is 1. The molecule has 0 aliphatic carbocycles. The topological polar surface area (TPSA) is 89.3 Å². The van der Waals surface area contributed by atoms with E-state index >= 15 is 0 Å². The smallest absolute Gasteiger partial charge is 0.303 e. The summed E-state index contributed by atoms with van der Waals surface area (Å²) < 4.78 is 0. The van der Waals surface area contributed by atoms with Crippen molar-refractivity contribution in [1.29, 1.82) is 0 Å². The normalized spacial score (nSPS) is 32.0. The Balaban J connectivity index is 2.10. The van der Waals surface area contributed by atoms with Gasteiger partial charge in [-0.1, -0.05) is 6.42 Å². The van der Waals surface area contributed by atoms with E-state index in [0.29, 0.717) is 5.25 Å². The van der Waals surface area contributed by atoms with Crippen LogP contribution in [0.4, 0.5) is 0 Å². The Bertz CT molecular complexity index is 201. The largest absolute Gasteiger partial charge is 0.481 e. The zero-order chi connectivity index (χ0) is 10.6. The summed E-state index contributed by atoms with van der Waals surface area (Å²) in [5.41, 5.74) is 11.7. The lowest BCUT2D eigenvalue weighted by Crippen LogP contribution is -2.43. The molecule has 5 heteroatoms. The Kier molecular flexibility index (Phi) is 4.71. The van der Waals surface area contributed by atoms with Crippen molar-refractivity contribution >= 4 is 17.7 Å². The van der Waals surface area contributed by atoms with Gasteiger partial charge in [-0.25, -0.2) is 0 Å². The van der Waals surface area contributed by atoms with E-state index in [1.54, 1.807) is 0 Å². The molecule has 1 aliphatic rings. The molecule has 5 N–H and O–H groups in total. The molecular formula is C9H18N2O2S. The number of thioether (sulfide) groups is 1. The number of carboxylic acids is 1. The van der Waals surface area contributed by atoms with Crippen molar-refractivity contribution in [2.45, 2.75) is 43.0 Å². The SMILES string of the molecule is NC1CS[C@@H](CCCCC(=O)O)C1N. The highest BCUT2D eigenvalue weighted by Crippen LogP contribution is 2.28. The number of carboxylic acid groups (broad SMARTS) is 1. The lowest BCUT2D eigenvalue weighted by molar-refractivity contribution is -0.137. The Morgan fingerprint density at radius 1 is 1.43 bits per heavy atom. The fraction of sp³-hybridized carbons (Fsp3) is 0.889. The van der Waals surface area contributed by atoms with Crippen LogP contribution in [0.25, 0.3) is 0 Å². The Morgan fingerprint density at radius 2 is 2.14 bits per heavy atom. The summed E-state index contributed by atoms with van der Waals surface area (Å²) in [5, 5.41) is 8.88. The molecule has 0 amide bonds. The monoisotopic (exact) mass is 218 g/mol. The Morgan fingerprint density at radius 3 is 2.64 bits per heavy atom. The number of rotatable bonds is 5. The van der Waals surface area contributed by atoms with Gasteiger partial charge in [0, 0.05) is 29.5 Å². The van der Waals surface area contributed by atoms with Gasteiger partial charge in [0.25, 0.3) is 0 Å². The molecule has 0 radical (unpaired) electrons. The van der Waals surface area contributed by atoms with Gasteiger partial charge in [-0.15, -0.1) is 0 Å². The van der Waals surface area contributed by atoms with Gasteiger partial charge in [0.15, 0.2) is 0 Å². The Labute approximate surface area is 88.4 Å². The first-order valence-electron chi connectivity index (χ1n) is 4.96. The highest BCUT2D eigenvalue weighted by molar-refractivity contribution is 8.00. The Hall–Kier alpha value is -0.260. The van der Waals surface area contributed by atoms with E-state index in [1.807, 2.05) is 11.8 Å². The summed E-state index contributed by atoms with van der Waals surface area (Å²) in [7, 11) is 0. The van der Waals surface area contributed by atoms with Crippen molar-refractivity contribution in [2.75, 3.05) is 5.75 Å². The fourth-order valence-corrected chi connectivity index (χ4v) is 3.08. The highest BCUT2D eigenvalue weighted by atomic mass is 32.2. The van der Waals surface area contributed by atoms with Gasteiger partial charge in [0.05, 0.1) is 0 Å².